The predicted octanol–water partition coefficient (Wildman–Crippen LogP) is 5.12. The number of non-ortho nitro benzene ring substituents is 1. The van der Waals surface area contributed by atoms with Gasteiger partial charge in [0.25, 0.3) is 11.6 Å². The number of para-hydroxylation sites is 1. The minimum Gasteiger partial charge on any atom is -0.504 e. The van der Waals surface area contributed by atoms with Crippen LogP contribution in [0.3, 0.4) is 0 Å². The van der Waals surface area contributed by atoms with Gasteiger partial charge in [-0.05, 0) is 47.7 Å². The van der Waals surface area contributed by atoms with E-state index in [1.807, 2.05) is 42.5 Å². The number of phenols is 1. The molecule has 3 aromatic rings. The molecule has 35 heavy (non-hydrogen) atoms. The van der Waals surface area contributed by atoms with Crippen LogP contribution in [0, 0.1) is 10.1 Å². The number of methoxy groups -OCH3 is 2. The van der Waals surface area contributed by atoms with E-state index in [1.165, 1.54) is 24.2 Å². The van der Waals surface area contributed by atoms with Crippen molar-refractivity contribution in [2.75, 3.05) is 14.2 Å². The van der Waals surface area contributed by atoms with Crippen molar-refractivity contribution in [3.05, 3.63) is 92.9 Å². The lowest BCUT2D eigenvalue weighted by atomic mass is 10.1. The number of nitrogens with zero attached hydrogens (tertiary/aromatic N) is 3. The summed E-state index contributed by atoms with van der Waals surface area (Å²) in [5, 5.41) is 22.3. The summed E-state index contributed by atoms with van der Waals surface area (Å²) in [5.41, 5.74) is 1.36. The maximum absolute atomic E-state index is 13.4. The Morgan fingerprint density at radius 3 is 2.43 bits per heavy atom. The monoisotopic (exact) mass is 491 g/mol. The molecular weight excluding hydrogens is 470 g/mol. The van der Waals surface area contributed by atoms with E-state index in [0.717, 1.165) is 23.4 Å². The van der Waals surface area contributed by atoms with Crippen molar-refractivity contribution in [3.8, 4) is 17.2 Å². The maximum atomic E-state index is 13.4. The number of nitro benzene ring substituents is 1. The summed E-state index contributed by atoms with van der Waals surface area (Å²) in [5.74, 6) is -0.000912. The van der Waals surface area contributed by atoms with Gasteiger partial charge in [-0.1, -0.05) is 30.3 Å². The number of phenolic OH excluding ortho intramolecular Hbond substituents is 1. The molecule has 1 aliphatic heterocycles. The molecule has 1 fully saturated rings. The number of carbonyl (C=O) groups excluding carboxylic acids is 1. The van der Waals surface area contributed by atoms with Gasteiger partial charge in [0, 0.05) is 11.6 Å². The third-order valence-corrected chi connectivity index (χ3v) is 6.18. The second kappa shape index (κ2) is 10.3. The number of amidine groups is 1. The summed E-state index contributed by atoms with van der Waals surface area (Å²) < 4.78 is 10.3. The van der Waals surface area contributed by atoms with Crippen molar-refractivity contribution in [2.45, 2.75) is 6.54 Å². The number of rotatable bonds is 7. The maximum Gasteiger partial charge on any atom is 0.274 e. The Morgan fingerprint density at radius 1 is 1.09 bits per heavy atom. The molecular formula is C25H21N3O6S. The van der Waals surface area contributed by atoms with E-state index in [1.54, 1.807) is 19.2 Å². The molecule has 0 radical (unpaired) electrons. The number of nitro groups is 1. The lowest BCUT2D eigenvalue weighted by Gasteiger charge is -2.16. The third-order valence-electron chi connectivity index (χ3n) is 5.18. The highest BCUT2D eigenvalue weighted by Gasteiger charge is 2.34. The molecule has 0 spiro atoms. The van der Waals surface area contributed by atoms with E-state index in [9.17, 15) is 20.0 Å². The van der Waals surface area contributed by atoms with Crippen LogP contribution in [0.4, 0.5) is 11.4 Å². The fourth-order valence-corrected chi connectivity index (χ4v) is 4.37. The predicted molar refractivity (Wildman–Crippen MR) is 134 cm³/mol. The number of carbonyl (C=O) groups is 1. The summed E-state index contributed by atoms with van der Waals surface area (Å²) in [4.78, 5) is 30.6. The number of aromatic hydroxyl groups is 1. The quantitative estimate of drug-likeness (QED) is 0.277. The number of thioether (sulfide) groups is 1. The highest BCUT2D eigenvalue weighted by Crippen LogP contribution is 2.40. The van der Waals surface area contributed by atoms with Gasteiger partial charge in [0.1, 0.15) is 5.75 Å². The molecule has 9 nitrogen and oxygen atoms in total. The van der Waals surface area contributed by atoms with Crippen LogP contribution < -0.4 is 9.47 Å². The Labute approximate surface area is 205 Å². The van der Waals surface area contributed by atoms with Crippen molar-refractivity contribution in [1.82, 2.24) is 4.90 Å². The van der Waals surface area contributed by atoms with Crippen LogP contribution in [0.5, 0.6) is 17.2 Å². The van der Waals surface area contributed by atoms with Crippen LogP contribution in [0.2, 0.25) is 0 Å². The molecule has 1 heterocycles. The molecule has 1 saturated heterocycles. The zero-order chi connectivity index (χ0) is 24.9. The topological polar surface area (TPSA) is 114 Å². The van der Waals surface area contributed by atoms with E-state index in [2.05, 4.69) is 4.99 Å². The molecule has 0 bridgehead atoms. The average Bonchev–Trinajstić information content (AvgIpc) is 3.15. The summed E-state index contributed by atoms with van der Waals surface area (Å²) in [6.07, 6.45) is 1.41. The van der Waals surface area contributed by atoms with Crippen LogP contribution >= 0.6 is 11.8 Å². The minimum absolute atomic E-state index is 0.0604. The average molecular weight is 492 g/mol. The Bertz CT molecular complexity index is 1320. The number of amides is 1. The molecule has 0 atom stereocenters. The molecule has 0 aromatic heterocycles. The lowest BCUT2D eigenvalue weighted by Crippen LogP contribution is -2.28. The van der Waals surface area contributed by atoms with E-state index < -0.39 is 4.92 Å². The molecule has 0 aliphatic carbocycles. The van der Waals surface area contributed by atoms with Crippen LogP contribution in [-0.2, 0) is 11.3 Å². The lowest BCUT2D eigenvalue weighted by molar-refractivity contribution is -0.385. The van der Waals surface area contributed by atoms with Gasteiger partial charge >= 0.3 is 0 Å². The van der Waals surface area contributed by atoms with Crippen LogP contribution in [-0.4, -0.2) is 40.2 Å². The fraction of sp³-hybridized carbons (Fsp3) is 0.120. The van der Waals surface area contributed by atoms with Gasteiger partial charge in [-0.2, -0.15) is 0 Å². The Morgan fingerprint density at radius 2 is 1.80 bits per heavy atom. The number of hydrogen-bond donors (Lipinski definition) is 1. The molecule has 1 aliphatic rings. The normalized spacial score (nSPS) is 15.6. The van der Waals surface area contributed by atoms with Crippen molar-refractivity contribution in [2.24, 2.45) is 4.99 Å². The van der Waals surface area contributed by atoms with Crippen molar-refractivity contribution in [3.63, 3.8) is 0 Å². The van der Waals surface area contributed by atoms with E-state index >= 15 is 0 Å². The molecule has 10 heteroatoms. The SMILES string of the molecule is COc1ccc(CN2C(=O)/C(=C/c3cc([N+](=O)[O-])cc(OC)c3O)SC2=Nc2ccccc2)cc1. The number of ether oxygens (including phenoxy) is 2. The Balaban J connectivity index is 1.75. The van der Waals surface area contributed by atoms with Crippen molar-refractivity contribution >= 4 is 40.3 Å². The standard InChI is InChI=1S/C25H21N3O6S/c1-33-20-10-8-16(9-11-20)15-27-24(30)22(35-25(27)26-18-6-4-3-5-7-18)13-17-12-19(28(31)32)14-21(34-2)23(17)29/h3-14,29H,15H2,1-2H3/b22-13-,26-25?. The van der Waals surface area contributed by atoms with Gasteiger partial charge in [-0.3, -0.25) is 19.8 Å². The first-order chi connectivity index (χ1) is 16.9. The highest BCUT2D eigenvalue weighted by molar-refractivity contribution is 8.18. The summed E-state index contributed by atoms with van der Waals surface area (Å²) >= 11 is 1.12. The largest absolute Gasteiger partial charge is 0.504 e. The third kappa shape index (κ3) is 5.28. The smallest absolute Gasteiger partial charge is 0.274 e. The number of hydrogen-bond acceptors (Lipinski definition) is 8. The van der Waals surface area contributed by atoms with Gasteiger partial charge < -0.3 is 14.6 Å². The first-order valence-corrected chi connectivity index (χ1v) is 11.2. The van der Waals surface area contributed by atoms with E-state index in [4.69, 9.17) is 9.47 Å². The van der Waals surface area contributed by atoms with Gasteiger partial charge in [0.05, 0.1) is 42.3 Å². The Kier molecular flexibility index (Phi) is 7.02. The summed E-state index contributed by atoms with van der Waals surface area (Å²) in [6.45, 7) is 0.253. The zero-order valence-corrected chi connectivity index (χ0v) is 19.7. The fourth-order valence-electron chi connectivity index (χ4n) is 3.38. The Hall–Kier alpha value is -4.31. The first kappa shape index (κ1) is 23.8. The van der Waals surface area contributed by atoms with Gasteiger partial charge in [-0.25, -0.2) is 4.99 Å². The molecule has 178 valence electrons. The molecule has 0 saturated carbocycles. The zero-order valence-electron chi connectivity index (χ0n) is 18.9. The summed E-state index contributed by atoms with van der Waals surface area (Å²) in [6, 6.07) is 18.9. The van der Waals surface area contributed by atoms with Gasteiger partial charge in [0.2, 0.25) is 0 Å². The molecule has 4 rings (SSSR count). The summed E-state index contributed by atoms with van der Waals surface area (Å²) in [7, 11) is 2.88. The van der Waals surface area contributed by atoms with Crippen molar-refractivity contribution in [1.29, 1.82) is 0 Å². The van der Waals surface area contributed by atoms with Crippen LogP contribution in [0.1, 0.15) is 11.1 Å². The second-order valence-corrected chi connectivity index (χ2v) is 8.43. The van der Waals surface area contributed by atoms with E-state index in [0.29, 0.717) is 16.6 Å². The van der Waals surface area contributed by atoms with Gasteiger partial charge in [0.15, 0.2) is 16.7 Å². The molecule has 0 unspecified atom stereocenters. The minimum atomic E-state index is -0.591. The van der Waals surface area contributed by atoms with Crippen LogP contribution in [0.15, 0.2) is 76.6 Å². The first-order valence-electron chi connectivity index (χ1n) is 10.4. The molecule has 3 aromatic carbocycles. The molecule has 1 amide bonds. The highest BCUT2D eigenvalue weighted by atomic mass is 32.2. The number of aliphatic imine (C=N–C) groups is 1. The van der Waals surface area contributed by atoms with Crippen molar-refractivity contribution < 1.29 is 24.3 Å². The van der Waals surface area contributed by atoms with Crippen LogP contribution in [0.25, 0.3) is 6.08 Å². The van der Waals surface area contributed by atoms with E-state index in [-0.39, 0.29) is 40.1 Å². The second-order valence-electron chi connectivity index (χ2n) is 7.42. The molecule has 1 N–H and O–H groups in total. The number of benzene rings is 3. The van der Waals surface area contributed by atoms with Gasteiger partial charge in [-0.15, -0.1) is 0 Å².